The minimum atomic E-state index is -0.125. The fraction of sp³-hybridized carbons (Fsp3) is 0.700. The molecule has 2 aliphatic rings. The zero-order chi connectivity index (χ0) is 16.6. The van der Waals surface area contributed by atoms with E-state index in [2.05, 4.69) is 63.0 Å². The highest BCUT2D eigenvalue weighted by Crippen LogP contribution is 2.34. The van der Waals surface area contributed by atoms with Crippen molar-refractivity contribution in [3.63, 3.8) is 0 Å². The molecule has 3 heteroatoms. The summed E-state index contributed by atoms with van der Waals surface area (Å²) in [6.45, 7) is 12.3. The smallest absolute Gasteiger partial charge is 0.143 e. The molecular weight excluding hydrogens is 284 g/mol. The number of piperidine rings is 1. The van der Waals surface area contributed by atoms with Crippen molar-refractivity contribution < 1.29 is 4.74 Å². The number of anilines is 1. The van der Waals surface area contributed by atoms with Gasteiger partial charge in [0.25, 0.3) is 0 Å². The average Bonchev–Trinajstić information content (AvgIpc) is 2.46. The standard InChI is InChI=1S/C20H32N2O/c1-14-7-6-8-15(2)22(14)16(3)11-17-9-10-19-18(12-17)21-13-20(4,5)23-19/h9-10,12,14-16,21H,6-8,11,13H2,1-5H3. The highest BCUT2D eigenvalue weighted by atomic mass is 16.5. The van der Waals surface area contributed by atoms with Crippen LogP contribution in [0.5, 0.6) is 5.75 Å². The number of rotatable bonds is 3. The number of hydrogen-bond donors (Lipinski definition) is 1. The minimum absolute atomic E-state index is 0.125. The molecule has 3 atom stereocenters. The quantitative estimate of drug-likeness (QED) is 0.891. The third-order valence-electron chi connectivity index (χ3n) is 5.44. The lowest BCUT2D eigenvalue weighted by atomic mass is 9.93. The summed E-state index contributed by atoms with van der Waals surface area (Å²) in [7, 11) is 0. The van der Waals surface area contributed by atoms with Crippen LogP contribution >= 0.6 is 0 Å². The van der Waals surface area contributed by atoms with Crippen LogP contribution in [0.2, 0.25) is 0 Å². The van der Waals surface area contributed by atoms with Crippen molar-refractivity contribution in [2.75, 3.05) is 11.9 Å². The van der Waals surface area contributed by atoms with Crippen molar-refractivity contribution >= 4 is 5.69 Å². The first kappa shape index (κ1) is 16.6. The largest absolute Gasteiger partial charge is 0.484 e. The lowest BCUT2D eigenvalue weighted by Gasteiger charge is -2.43. The van der Waals surface area contributed by atoms with Crippen molar-refractivity contribution in [2.24, 2.45) is 0 Å². The van der Waals surface area contributed by atoms with Crippen LogP contribution in [0, 0.1) is 0 Å². The maximum absolute atomic E-state index is 6.06. The second-order valence-corrected chi connectivity index (χ2v) is 8.18. The normalized spacial score (nSPS) is 28.4. The summed E-state index contributed by atoms with van der Waals surface area (Å²) < 4.78 is 6.06. The molecule has 0 saturated carbocycles. The number of hydrogen-bond acceptors (Lipinski definition) is 3. The van der Waals surface area contributed by atoms with E-state index in [1.807, 2.05) is 0 Å². The van der Waals surface area contributed by atoms with Crippen molar-refractivity contribution in [3.8, 4) is 5.75 Å². The van der Waals surface area contributed by atoms with Gasteiger partial charge in [0.15, 0.2) is 0 Å². The molecule has 23 heavy (non-hydrogen) atoms. The topological polar surface area (TPSA) is 24.5 Å². The Hall–Kier alpha value is -1.22. The Morgan fingerprint density at radius 1 is 1.26 bits per heavy atom. The van der Waals surface area contributed by atoms with Gasteiger partial charge in [0.1, 0.15) is 11.4 Å². The number of benzene rings is 1. The molecule has 0 spiro atoms. The highest BCUT2D eigenvalue weighted by Gasteiger charge is 2.29. The second kappa shape index (κ2) is 6.35. The first-order chi connectivity index (χ1) is 10.9. The molecule has 1 aromatic rings. The number of fused-ring (bicyclic) bond motifs is 1. The monoisotopic (exact) mass is 316 g/mol. The molecule has 0 bridgehead atoms. The van der Waals surface area contributed by atoms with Gasteiger partial charge in [-0.1, -0.05) is 12.5 Å². The van der Waals surface area contributed by atoms with Gasteiger partial charge in [0, 0.05) is 18.1 Å². The number of ether oxygens (including phenoxy) is 1. The molecule has 2 aliphatic heterocycles. The minimum Gasteiger partial charge on any atom is -0.484 e. The number of likely N-dealkylation sites (tertiary alicyclic amines) is 1. The van der Waals surface area contributed by atoms with Crippen molar-refractivity contribution in [3.05, 3.63) is 23.8 Å². The number of nitrogens with zero attached hydrogens (tertiary/aromatic N) is 1. The fourth-order valence-electron chi connectivity index (χ4n) is 4.33. The number of nitrogens with one attached hydrogen (secondary N) is 1. The lowest BCUT2D eigenvalue weighted by molar-refractivity contribution is 0.0627. The molecule has 1 N–H and O–H groups in total. The van der Waals surface area contributed by atoms with Gasteiger partial charge in [-0.25, -0.2) is 0 Å². The maximum atomic E-state index is 6.06. The van der Waals surface area contributed by atoms with Gasteiger partial charge in [-0.2, -0.15) is 0 Å². The molecule has 0 amide bonds. The van der Waals surface area contributed by atoms with E-state index >= 15 is 0 Å². The lowest BCUT2D eigenvalue weighted by Crippen LogP contribution is -2.49. The Morgan fingerprint density at radius 2 is 1.96 bits per heavy atom. The van der Waals surface area contributed by atoms with Crippen LogP contribution in [0.15, 0.2) is 18.2 Å². The van der Waals surface area contributed by atoms with E-state index in [1.54, 1.807) is 0 Å². The molecule has 0 radical (unpaired) electrons. The van der Waals surface area contributed by atoms with E-state index in [4.69, 9.17) is 4.74 Å². The zero-order valence-corrected chi connectivity index (χ0v) is 15.4. The SMILES string of the molecule is CC1CCCC(C)N1C(C)Cc1ccc2c(c1)NCC(C)(C)O2. The summed E-state index contributed by atoms with van der Waals surface area (Å²) in [5, 5.41) is 3.53. The maximum Gasteiger partial charge on any atom is 0.143 e. The molecule has 3 rings (SSSR count). The predicted octanol–water partition coefficient (Wildman–Crippen LogP) is 4.46. The summed E-state index contributed by atoms with van der Waals surface area (Å²) in [6, 6.07) is 8.63. The first-order valence-electron chi connectivity index (χ1n) is 9.19. The van der Waals surface area contributed by atoms with Gasteiger partial charge < -0.3 is 10.1 Å². The van der Waals surface area contributed by atoms with Gasteiger partial charge in [-0.15, -0.1) is 0 Å². The Bertz CT molecular complexity index is 545. The molecule has 1 saturated heterocycles. The van der Waals surface area contributed by atoms with E-state index in [0.29, 0.717) is 18.1 Å². The van der Waals surface area contributed by atoms with Crippen LogP contribution in [0.3, 0.4) is 0 Å². The van der Waals surface area contributed by atoms with Crippen molar-refractivity contribution in [1.29, 1.82) is 0 Å². The summed E-state index contributed by atoms with van der Waals surface area (Å²) in [5.41, 5.74) is 2.42. The Balaban J connectivity index is 1.71. The Labute approximate surface area is 141 Å². The van der Waals surface area contributed by atoms with Crippen LogP contribution in [0.25, 0.3) is 0 Å². The van der Waals surface area contributed by atoms with Crippen LogP contribution in [0.4, 0.5) is 5.69 Å². The molecular formula is C20H32N2O. The van der Waals surface area contributed by atoms with Gasteiger partial charge in [0.2, 0.25) is 0 Å². The van der Waals surface area contributed by atoms with Crippen LogP contribution in [0.1, 0.15) is 59.4 Å². The molecule has 0 aliphatic carbocycles. The Kier molecular flexibility index (Phi) is 4.59. The van der Waals surface area contributed by atoms with Gasteiger partial charge in [-0.3, -0.25) is 4.90 Å². The van der Waals surface area contributed by atoms with E-state index < -0.39 is 0 Å². The van der Waals surface area contributed by atoms with E-state index in [0.717, 1.165) is 24.4 Å². The third-order valence-corrected chi connectivity index (χ3v) is 5.44. The molecule has 1 fully saturated rings. The van der Waals surface area contributed by atoms with Crippen LogP contribution in [-0.2, 0) is 6.42 Å². The van der Waals surface area contributed by atoms with Crippen molar-refractivity contribution in [1.82, 2.24) is 4.90 Å². The third kappa shape index (κ3) is 3.65. The van der Waals surface area contributed by atoms with Crippen molar-refractivity contribution in [2.45, 2.75) is 84.0 Å². The molecule has 3 nitrogen and oxygen atoms in total. The zero-order valence-electron chi connectivity index (χ0n) is 15.4. The van der Waals surface area contributed by atoms with Gasteiger partial charge in [-0.05, 0) is 71.6 Å². The summed E-state index contributed by atoms with van der Waals surface area (Å²) in [5.74, 6) is 0.984. The van der Waals surface area contributed by atoms with E-state index in [-0.39, 0.29) is 5.60 Å². The molecule has 2 heterocycles. The molecule has 128 valence electrons. The Morgan fingerprint density at radius 3 is 2.65 bits per heavy atom. The summed E-state index contributed by atoms with van der Waals surface area (Å²) in [4.78, 5) is 2.72. The molecule has 0 aromatic heterocycles. The second-order valence-electron chi connectivity index (χ2n) is 8.18. The average molecular weight is 316 g/mol. The van der Waals surface area contributed by atoms with E-state index in [1.165, 1.54) is 24.8 Å². The van der Waals surface area contributed by atoms with Gasteiger partial charge >= 0.3 is 0 Å². The van der Waals surface area contributed by atoms with Crippen LogP contribution in [-0.4, -0.2) is 35.2 Å². The van der Waals surface area contributed by atoms with E-state index in [9.17, 15) is 0 Å². The molecule has 1 aromatic carbocycles. The predicted molar refractivity (Wildman–Crippen MR) is 97.4 cm³/mol. The van der Waals surface area contributed by atoms with Gasteiger partial charge in [0.05, 0.1) is 12.2 Å². The first-order valence-corrected chi connectivity index (χ1v) is 9.19. The highest BCUT2D eigenvalue weighted by molar-refractivity contribution is 5.60. The summed E-state index contributed by atoms with van der Waals surface area (Å²) >= 11 is 0. The summed E-state index contributed by atoms with van der Waals surface area (Å²) in [6.07, 6.45) is 5.15. The fourth-order valence-corrected chi connectivity index (χ4v) is 4.33. The van der Waals surface area contributed by atoms with Crippen LogP contribution < -0.4 is 10.1 Å². The molecule has 3 unspecified atom stereocenters.